The van der Waals surface area contributed by atoms with E-state index in [1.165, 1.54) is 17.4 Å². The summed E-state index contributed by atoms with van der Waals surface area (Å²) in [5, 5.41) is 9.77. The predicted octanol–water partition coefficient (Wildman–Crippen LogP) is 4.29. The van der Waals surface area contributed by atoms with Gasteiger partial charge in [-0.1, -0.05) is 6.07 Å². The van der Waals surface area contributed by atoms with Crippen LogP contribution in [0.15, 0.2) is 35.0 Å². The third-order valence-electron chi connectivity index (χ3n) is 4.13. The maximum atomic E-state index is 13.6. The zero-order valence-electron chi connectivity index (χ0n) is 16.3. The highest BCUT2D eigenvalue weighted by atomic mass is 32.1. The molecule has 0 radical (unpaired) electrons. The number of thiazole rings is 1. The van der Waals surface area contributed by atoms with Gasteiger partial charge in [-0.15, -0.1) is 22.7 Å². The Morgan fingerprint density at radius 3 is 2.72 bits per heavy atom. The molecule has 13 heteroatoms. The molecule has 0 unspecified atom stereocenters. The predicted molar refractivity (Wildman–Crippen MR) is 112 cm³/mol. The molecule has 8 nitrogen and oxygen atoms in total. The first-order chi connectivity index (χ1) is 15.2. The Labute approximate surface area is 186 Å². The van der Waals surface area contributed by atoms with Gasteiger partial charge in [-0.3, -0.25) is 14.9 Å². The molecule has 4 aromatic heterocycles. The number of esters is 1. The molecule has 4 rings (SSSR count). The van der Waals surface area contributed by atoms with E-state index in [-0.39, 0.29) is 35.2 Å². The maximum Gasteiger partial charge on any atom is 0.433 e. The zero-order valence-corrected chi connectivity index (χ0v) is 18.0. The minimum atomic E-state index is -4.70. The number of carbonyl (C=O) groups is 2. The van der Waals surface area contributed by atoms with Crippen molar-refractivity contribution in [2.45, 2.75) is 19.5 Å². The van der Waals surface area contributed by atoms with Crippen LogP contribution in [0.2, 0.25) is 0 Å². The monoisotopic (exact) mass is 481 g/mol. The van der Waals surface area contributed by atoms with Crippen molar-refractivity contribution in [2.24, 2.45) is 0 Å². The Bertz CT molecular complexity index is 1280. The molecule has 0 atom stereocenters. The molecule has 1 N–H and O–H groups in total. The first kappa shape index (κ1) is 21.9. The summed E-state index contributed by atoms with van der Waals surface area (Å²) >= 11 is 2.32. The third-order valence-corrected chi connectivity index (χ3v) is 5.83. The number of thiophene rings is 1. The van der Waals surface area contributed by atoms with Crippen molar-refractivity contribution in [3.05, 3.63) is 52.1 Å². The van der Waals surface area contributed by atoms with Crippen LogP contribution in [0.1, 0.15) is 28.8 Å². The highest BCUT2D eigenvalue weighted by Gasteiger charge is 2.35. The fourth-order valence-electron chi connectivity index (χ4n) is 2.80. The van der Waals surface area contributed by atoms with Crippen LogP contribution in [0.25, 0.3) is 16.2 Å². The minimum Gasteiger partial charge on any atom is -0.466 e. The molecule has 0 fully saturated rings. The lowest BCUT2D eigenvalue weighted by molar-refractivity contribution is -0.143. The number of carbonyl (C=O) groups excluding carboxylic acids is 2. The van der Waals surface area contributed by atoms with Crippen LogP contribution in [0.4, 0.5) is 18.3 Å². The fourth-order valence-corrected chi connectivity index (χ4v) is 4.20. The van der Waals surface area contributed by atoms with Crippen LogP contribution < -0.4 is 5.32 Å². The summed E-state index contributed by atoms with van der Waals surface area (Å²) in [5.41, 5.74) is -0.879. The summed E-state index contributed by atoms with van der Waals surface area (Å²) in [4.78, 5) is 33.0. The highest BCUT2D eigenvalue weighted by Crippen LogP contribution is 2.33. The average molecular weight is 481 g/mol. The van der Waals surface area contributed by atoms with Crippen molar-refractivity contribution < 1.29 is 27.5 Å². The molecule has 32 heavy (non-hydrogen) atoms. The number of alkyl halides is 3. The third kappa shape index (κ3) is 4.62. The van der Waals surface area contributed by atoms with Crippen LogP contribution in [0.3, 0.4) is 0 Å². The Kier molecular flexibility index (Phi) is 5.93. The van der Waals surface area contributed by atoms with Gasteiger partial charge in [-0.2, -0.15) is 18.3 Å². The lowest BCUT2D eigenvalue weighted by Gasteiger charge is -2.10. The Balaban J connectivity index is 1.61. The largest absolute Gasteiger partial charge is 0.466 e. The first-order valence-corrected chi connectivity index (χ1v) is 10.9. The zero-order chi connectivity index (χ0) is 22.9. The number of aromatic nitrogens is 4. The van der Waals surface area contributed by atoms with E-state index in [4.69, 9.17) is 4.74 Å². The number of halogens is 3. The van der Waals surface area contributed by atoms with Crippen molar-refractivity contribution in [3.63, 3.8) is 0 Å². The number of hydrogen-bond donors (Lipinski definition) is 1. The van der Waals surface area contributed by atoms with E-state index in [1.54, 1.807) is 29.8 Å². The molecule has 0 aliphatic rings. The van der Waals surface area contributed by atoms with Gasteiger partial charge in [-0.05, 0) is 24.4 Å². The van der Waals surface area contributed by atoms with Crippen molar-refractivity contribution in [3.8, 4) is 10.6 Å². The number of rotatable bonds is 6. The van der Waals surface area contributed by atoms with E-state index in [1.807, 2.05) is 0 Å². The molecule has 4 aromatic rings. The number of fused-ring (bicyclic) bond motifs is 1. The smallest absolute Gasteiger partial charge is 0.433 e. The van der Waals surface area contributed by atoms with Crippen molar-refractivity contribution in [1.82, 2.24) is 19.6 Å². The molecule has 166 valence electrons. The summed E-state index contributed by atoms with van der Waals surface area (Å²) < 4.78 is 46.3. The Morgan fingerprint density at radius 1 is 1.22 bits per heavy atom. The van der Waals surface area contributed by atoms with Crippen LogP contribution >= 0.6 is 22.7 Å². The average Bonchev–Trinajstić information content (AvgIpc) is 3.47. The van der Waals surface area contributed by atoms with Gasteiger partial charge in [0.05, 0.1) is 29.3 Å². The summed E-state index contributed by atoms with van der Waals surface area (Å²) in [7, 11) is 0. The number of nitrogens with one attached hydrogen (secondary N) is 1. The standard InChI is InChI=1S/C19H14F3N5O3S2/c1-2-30-16(28)6-10-9-32-18(23-10)25-17(29)12-8-15-24-11(13-4-3-5-31-13)7-14(19(20,21)22)27(15)26-12/h3-5,7-9H,2,6H2,1H3,(H,23,25,29). The number of anilines is 1. The number of amides is 1. The second-order valence-corrected chi connectivity index (χ2v) is 8.19. The van der Waals surface area contributed by atoms with Crippen molar-refractivity contribution in [2.75, 3.05) is 11.9 Å². The van der Waals surface area contributed by atoms with Gasteiger partial charge in [0.15, 0.2) is 22.2 Å². The van der Waals surface area contributed by atoms with E-state index < -0.39 is 23.7 Å². The molecule has 0 aliphatic carbocycles. The Hall–Kier alpha value is -3.32. The highest BCUT2D eigenvalue weighted by molar-refractivity contribution is 7.14. The molecule has 4 heterocycles. The van der Waals surface area contributed by atoms with E-state index in [0.29, 0.717) is 15.1 Å². The van der Waals surface area contributed by atoms with Gasteiger partial charge in [0.2, 0.25) is 0 Å². The van der Waals surface area contributed by atoms with Gasteiger partial charge < -0.3 is 4.74 Å². The summed E-state index contributed by atoms with van der Waals surface area (Å²) in [5.74, 6) is -1.21. The maximum absolute atomic E-state index is 13.6. The molecule has 0 aromatic carbocycles. The van der Waals surface area contributed by atoms with Gasteiger partial charge in [0.25, 0.3) is 5.91 Å². The summed E-state index contributed by atoms with van der Waals surface area (Å²) in [6, 6.07) is 5.44. The molecule has 0 bridgehead atoms. The number of hydrogen-bond acceptors (Lipinski definition) is 8. The summed E-state index contributed by atoms with van der Waals surface area (Å²) in [6.07, 6.45) is -4.76. The molecular formula is C19H14F3N5O3S2. The van der Waals surface area contributed by atoms with Crippen LogP contribution in [0, 0.1) is 0 Å². The Morgan fingerprint density at radius 2 is 2.03 bits per heavy atom. The lowest BCUT2D eigenvalue weighted by atomic mass is 10.2. The first-order valence-electron chi connectivity index (χ1n) is 9.18. The van der Waals surface area contributed by atoms with E-state index >= 15 is 0 Å². The van der Waals surface area contributed by atoms with E-state index in [0.717, 1.165) is 17.4 Å². The lowest BCUT2D eigenvalue weighted by Crippen LogP contribution is -2.15. The van der Waals surface area contributed by atoms with Crippen molar-refractivity contribution in [1.29, 1.82) is 0 Å². The van der Waals surface area contributed by atoms with E-state index in [9.17, 15) is 22.8 Å². The van der Waals surface area contributed by atoms with Crippen LogP contribution in [-0.2, 0) is 22.1 Å². The normalized spacial score (nSPS) is 11.6. The molecular weight excluding hydrogens is 467 g/mol. The van der Waals surface area contributed by atoms with Gasteiger partial charge in [0, 0.05) is 11.4 Å². The number of nitrogens with zero attached hydrogens (tertiary/aromatic N) is 4. The van der Waals surface area contributed by atoms with Crippen LogP contribution in [-0.4, -0.2) is 38.1 Å². The second-order valence-electron chi connectivity index (χ2n) is 6.38. The van der Waals surface area contributed by atoms with Gasteiger partial charge in [0.1, 0.15) is 0 Å². The van der Waals surface area contributed by atoms with Gasteiger partial charge in [-0.25, -0.2) is 14.5 Å². The topological polar surface area (TPSA) is 98.5 Å². The molecule has 0 saturated heterocycles. The molecule has 0 saturated carbocycles. The van der Waals surface area contributed by atoms with Crippen LogP contribution in [0.5, 0.6) is 0 Å². The number of ether oxygens (including phenoxy) is 1. The molecule has 1 amide bonds. The fraction of sp³-hybridized carbons (Fsp3) is 0.211. The minimum absolute atomic E-state index is 0.0566. The SMILES string of the molecule is CCOC(=O)Cc1csc(NC(=O)c2cc3nc(-c4cccs4)cc(C(F)(F)F)n3n2)n1. The molecule has 0 spiro atoms. The quantitative estimate of drug-likeness (QED) is 0.413. The molecule has 0 aliphatic heterocycles. The summed E-state index contributed by atoms with van der Waals surface area (Å²) in [6.45, 7) is 1.92. The second kappa shape index (κ2) is 8.67. The van der Waals surface area contributed by atoms with Crippen molar-refractivity contribution >= 4 is 45.3 Å². The van der Waals surface area contributed by atoms with E-state index in [2.05, 4.69) is 20.4 Å². The van der Waals surface area contributed by atoms with Gasteiger partial charge >= 0.3 is 12.1 Å².